The molecular formula is C23H20F4N4O2. The van der Waals surface area contributed by atoms with Crippen LogP contribution in [0, 0.1) is 5.82 Å². The van der Waals surface area contributed by atoms with Gasteiger partial charge in [0.25, 0.3) is 5.91 Å². The van der Waals surface area contributed by atoms with Gasteiger partial charge in [0.1, 0.15) is 11.6 Å². The van der Waals surface area contributed by atoms with Crippen LogP contribution < -0.4 is 9.64 Å². The smallest absolute Gasteiger partial charge is 0.419 e. The number of amides is 1. The third-order valence-corrected chi connectivity index (χ3v) is 5.29. The summed E-state index contributed by atoms with van der Waals surface area (Å²) in [5, 5.41) is 8.42. The maximum Gasteiger partial charge on any atom is 0.419 e. The lowest BCUT2D eigenvalue weighted by Gasteiger charge is -2.35. The van der Waals surface area contributed by atoms with E-state index in [1.165, 1.54) is 30.3 Å². The summed E-state index contributed by atoms with van der Waals surface area (Å²) in [6, 6.07) is 14.4. The number of hydrogen-bond acceptors (Lipinski definition) is 5. The first kappa shape index (κ1) is 22.5. The van der Waals surface area contributed by atoms with Gasteiger partial charge in [-0.3, -0.25) is 4.79 Å². The second kappa shape index (κ2) is 9.43. The van der Waals surface area contributed by atoms with Crippen molar-refractivity contribution < 1.29 is 27.1 Å². The van der Waals surface area contributed by atoms with E-state index >= 15 is 0 Å². The number of rotatable bonds is 5. The molecule has 3 aromatic rings. The van der Waals surface area contributed by atoms with Crippen LogP contribution in [0.5, 0.6) is 5.75 Å². The number of hydrogen-bond donors (Lipinski definition) is 0. The van der Waals surface area contributed by atoms with Gasteiger partial charge in [0, 0.05) is 31.7 Å². The first-order valence-electron chi connectivity index (χ1n) is 10.2. The quantitative estimate of drug-likeness (QED) is 0.539. The molecule has 0 bridgehead atoms. The molecule has 10 heteroatoms. The second-order valence-corrected chi connectivity index (χ2v) is 7.43. The Bertz CT molecular complexity index is 1100. The number of aromatic nitrogens is 2. The Hall–Kier alpha value is -3.69. The summed E-state index contributed by atoms with van der Waals surface area (Å²) in [7, 11) is 0. The fourth-order valence-corrected chi connectivity index (χ4v) is 3.51. The van der Waals surface area contributed by atoms with Crippen molar-refractivity contribution in [3.05, 3.63) is 72.0 Å². The van der Waals surface area contributed by atoms with E-state index in [-0.39, 0.29) is 17.5 Å². The lowest BCUT2D eigenvalue weighted by atomic mass is 10.1. The summed E-state index contributed by atoms with van der Waals surface area (Å²) in [5.41, 5.74) is 0.451. The highest BCUT2D eigenvalue weighted by Gasteiger charge is 2.34. The van der Waals surface area contributed by atoms with Crippen molar-refractivity contribution >= 4 is 11.7 Å². The molecular weight excluding hydrogens is 440 g/mol. The third kappa shape index (κ3) is 5.39. The minimum absolute atomic E-state index is 0.328. The second-order valence-electron chi connectivity index (χ2n) is 7.43. The molecule has 4 rings (SSSR count). The van der Waals surface area contributed by atoms with Crippen LogP contribution >= 0.6 is 0 Å². The van der Waals surface area contributed by atoms with E-state index in [1.54, 1.807) is 29.2 Å². The largest absolute Gasteiger partial charge is 0.483 e. The SMILES string of the molecule is O=C(COc1ccccc1C(F)(F)F)N1CCN(c2ccc(-c3ccc(F)cc3)nn2)CC1. The molecule has 1 aromatic heterocycles. The van der Waals surface area contributed by atoms with Crippen LogP contribution in [0.4, 0.5) is 23.4 Å². The van der Waals surface area contributed by atoms with Crippen LogP contribution in [0.3, 0.4) is 0 Å². The number of alkyl halides is 3. The van der Waals surface area contributed by atoms with Gasteiger partial charge in [0.05, 0.1) is 11.3 Å². The first-order valence-corrected chi connectivity index (χ1v) is 10.2. The lowest BCUT2D eigenvalue weighted by molar-refractivity contribution is -0.141. The van der Waals surface area contributed by atoms with E-state index in [0.717, 1.165) is 11.6 Å². The average molecular weight is 460 g/mol. The fraction of sp³-hybridized carbons (Fsp3) is 0.261. The maximum absolute atomic E-state index is 13.1. The topological polar surface area (TPSA) is 58.6 Å². The summed E-state index contributed by atoms with van der Waals surface area (Å²) >= 11 is 0. The fourth-order valence-electron chi connectivity index (χ4n) is 3.51. The molecule has 1 aliphatic heterocycles. The lowest BCUT2D eigenvalue weighted by Crippen LogP contribution is -2.50. The van der Waals surface area contributed by atoms with Crippen molar-refractivity contribution in [3.8, 4) is 17.0 Å². The van der Waals surface area contributed by atoms with Gasteiger partial charge in [0.2, 0.25) is 0 Å². The molecule has 0 atom stereocenters. The third-order valence-electron chi connectivity index (χ3n) is 5.29. The number of carbonyl (C=O) groups excluding carboxylic acids is 1. The number of anilines is 1. The summed E-state index contributed by atoms with van der Waals surface area (Å²) in [4.78, 5) is 16.0. The number of halogens is 4. The van der Waals surface area contributed by atoms with Crippen molar-refractivity contribution in [2.24, 2.45) is 0 Å². The van der Waals surface area contributed by atoms with E-state index in [9.17, 15) is 22.4 Å². The maximum atomic E-state index is 13.1. The van der Waals surface area contributed by atoms with Crippen LogP contribution in [0.1, 0.15) is 5.56 Å². The zero-order valence-electron chi connectivity index (χ0n) is 17.4. The van der Waals surface area contributed by atoms with Gasteiger partial charge in [-0.25, -0.2) is 4.39 Å². The molecule has 2 aromatic carbocycles. The Kier molecular flexibility index (Phi) is 6.43. The molecule has 1 aliphatic rings. The van der Waals surface area contributed by atoms with Crippen molar-refractivity contribution in [2.75, 3.05) is 37.7 Å². The molecule has 1 saturated heterocycles. The van der Waals surface area contributed by atoms with E-state index in [0.29, 0.717) is 37.7 Å². The highest BCUT2D eigenvalue weighted by atomic mass is 19.4. The zero-order chi connectivity index (χ0) is 23.4. The molecule has 1 fully saturated rings. The Morgan fingerprint density at radius 2 is 1.61 bits per heavy atom. The highest BCUT2D eigenvalue weighted by Crippen LogP contribution is 2.35. The average Bonchev–Trinajstić information content (AvgIpc) is 2.83. The van der Waals surface area contributed by atoms with Crippen molar-refractivity contribution in [1.29, 1.82) is 0 Å². The molecule has 0 unspecified atom stereocenters. The highest BCUT2D eigenvalue weighted by molar-refractivity contribution is 5.78. The van der Waals surface area contributed by atoms with Gasteiger partial charge >= 0.3 is 6.18 Å². The van der Waals surface area contributed by atoms with E-state index in [2.05, 4.69) is 10.2 Å². The van der Waals surface area contributed by atoms with Crippen LogP contribution in [0.2, 0.25) is 0 Å². The molecule has 2 heterocycles. The number of carbonyl (C=O) groups is 1. The molecule has 0 saturated carbocycles. The van der Waals surface area contributed by atoms with Gasteiger partial charge < -0.3 is 14.5 Å². The van der Waals surface area contributed by atoms with Gasteiger partial charge in [-0.05, 0) is 48.5 Å². The molecule has 0 aliphatic carbocycles. The van der Waals surface area contributed by atoms with Gasteiger partial charge in [-0.2, -0.15) is 13.2 Å². The predicted molar refractivity (Wildman–Crippen MR) is 113 cm³/mol. The summed E-state index contributed by atoms with van der Waals surface area (Å²) in [6.45, 7) is 1.28. The number of benzene rings is 2. The number of ether oxygens (including phenoxy) is 1. The van der Waals surface area contributed by atoms with Crippen molar-refractivity contribution in [3.63, 3.8) is 0 Å². The minimum atomic E-state index is -4.56. The Morgan fingerprint density at radius 3 is 2.24 bits per heavy atom. The molecule has 0 radical (unpaired) electrons. The van der Waals surface area contributed by atoms with Gasteiger partial charge in [0.15, 0.2) is 12.4 Å². The summed E-state index contributed by atoms with van der Waals surface area (Å²) < 4.78 is 57.4. The number of para-hydroxylation sites is 1. The monoisotopic (exact) mass is 460 g/mol. The van der Waals surface area contributed by atoms with Crippen molar-refractivity contribution in [1.82, 2.24) is 15.1 Å². The molecule has 172 valence electrons. The minimum Gasteiger partial charge on any atom is -0.483 e. The Labute approximate surface area is 187 Å². The van der Waals surface area contributed by atoms with Crippen LogP contribution in [0.15, 0.2) is 60.7 Å². The Balaban J connectivity index is 1.31. The molecule has 33 heavy (non-hydrogen) atoms. The van der Waals surface area contributed by atoms with E-state index < -0.39 is 18.3 Å². The molecule has 0 spiro atoms. The van der Waals surface area contributed by atoms with Crippen molar-refractivity contribution in [2.45, 2.75) is 6.18 Å². The molecule has 1 amide bonds. The summed E-state index contributed by atoms with van der Waals surface area (Å²) in [6.07, 6.45) is -4.56. The van der Waals surface area contributed by atoms with Gasteiger partial charge in [-0.1, -0.05) is 12.1 Å². The van der Waals surface area contributed by atoms with Gasteiger partial charge in [-0.15, -0.1) is 10.2 Å². The Morgan fingerprint density at radius 1 is 0.909 bits per heavy atom. The molecule has 0 N–H and O–H groups in total. The van der Waals surface area contributed by atoms with Crippen LogP contribution in [0.25, 0.3) is 11.3 Å². The molecule has 6 nitrogen and oxygen atoms in total. The summed E-state index contributed by atoms with van der Waals surface area (Å²) in [5.74, 6) is -0.438. The zero-order valence-corrected chi connectivity index (χ0v) is 17.4. The standard InChI is InChI=1S/C23H20F4N4O2/c24-17-7-5-16(6-8-17)19-9-10-21(29-28-19)30-11-13-31(14-12-30)22(32)15-33-20-4-2-1-3-18(20)23(25,26)27/h1-10H,11-15H2. The van der Waals surface area contributed by atoms with E-state index in [1.807, 2.05) is 4.90 Å². The van der Waals surface area contributed by atoms with Crippen LogP contribution in [-0.2, 0) is 11.0 Å². The first-order chi connectivity index (χ1) is 15.8. The number of piperazine rings is 1. The van der Waals surface area contributed by atoms with E-state index in [4.69, 9.17) is 4.74 Å². The predicted octanol–water partition coefficient (Wildman–Crippen LogP) is 4.03. The van der Waals surface area contributed by atoms with Crippen LogP contribution in [-0.4, -0.2) is 53.8 Å². The number of nitrogens with zero attached hydrogens (tertiary/aromatic N) is 4. The normalized spacial score (nSPS) is 14.3.